The predicted molar refractivity (Wildman–Crippen MR) is 86.5 cm³/mol. The molecule has 0 spiro atoms. The van der Waals surface area contributed by atoms with Gasteiger partial charge in [0.05, 0.1) is 10.6 Å². The van der Waals surface area contributed by atoms with Crippen molar-refractivity contribution >= 4 is 23.7 Å². The molecule has 3 rings (SSSR count). The number of hydrogen-bond acceptors (Lipinski definition) is 3. The summed E-state index contributed by atoms with van der Waals surface area (Å²) in [5, 5.41) is 7.06. The maximum atomic E-state index is 14.0. The second-order valence-corrected chi connectivity index (χ2v) is 5.23. The Labute approximate surface area is 136 Å². The van der Waals surface area contributed by atoms with Gasteiger partial charge in [0.1, 0.15) is 5.82 Å². The van der Waals surface area contributed by atoms with Crippen molar-refractivity contribution in [2.45, 2.75) is 0 Å². The van der Waals surface area contributed by atoms with Crippen LogP contribution in [0.5, 0.6) is 0 Å². The van der Waals surface area contributed by atoms with Crippen molar-refractivity contribution in [3.8, 4) is 22.8 Å². The van der Waals surface area contributed by atoms with E-state index in [1.807, 2.05) is 0 Å². The SMILES string of the molecule is Cn1nc(-c2c(F)cccc2Cl)nc1-c1ccc(NC=O)cc1. The fourth-order valence-electron chi connectivity index (χ4n) is 2.24. The summed E-state index contributed by atoms with van der Waals surface area (Å²) in [7, 11) is 1.72. The molecule has 3 aromatic rings. The number of nitrogens with zero attached hydrogens (tertiary/aromatic N) is 3. The quantitative estimate of drug-likeness (QED) is 0.745. The van der Waals surface area contributed by atoms with E-state index in [0.29, 0.717) is 17.9 Å². The van der Waals surface area contributed by atoms with E-state index in [1.165, 1.54) is 12.1 Å². The topological polar surface area (TPSA) is 59.8 Å². The van der Waals surface area contributed by atoms with E-state index < -0.39 is 5.82 Å². The van der Waals surface area contributed by atoms with Crippen LogP contribution in [-0.2, 0) is 11.8 Å². The van der Waals surface area contributed by atoms with E-state index in [9.17, 15) is 9.18 Å². The van der Waals surface area contributed by atoms with Crippen molar-refractivity contribution in [1.29, 1.82) is 0 Å². The average molecular weight is 331 g/mol. The number of aryl methyl sites for hydroxylation is 1. The lowest BCUT2D eigenvalue weighted by atomic mass is 10.2. The molecule has 0 atom stereocenters. The Morgan fingerprint density at radius 1 is 1.22 bits per heavy atom. The van der Waals surface area contributed by atoms with Crippen molar-refractivity contribution in [2.24, 2.45) is 7.05 Å². The number of benzene rings is 2. The van der Waals surface area contributed by atoms with Gasteiger partial charge in [0, 0.05) is 18.3 Å². The summed E-state index contributed by atoms with van der Waals surface area (Å²) in [4.78, 5) is 14.8. The molecule has 116 valence electrons. The molecule has 1 heterocycles. The van der Waals surface area contributed by atoms with Crippen LogP contribution in [0.1, 0.15) is 0 Å². The summed E-state index contributed by atoms with van der Waals surface area (Å²) < 4.78 is 15.6. The smallest absolute Gasteiger partial charge is 0.211 e. The average Bonchev–Trinajstić information content (AvgIpc) is 2.90. The first-order chi connectivity index (χ1) is 11.1. The standard InChI is InChI=1S/C16H12ClFN4O/c1-22-16(10-5-7-11(8-6-10)19-9-23)20-15(21-22)14-12(17)3-2-4-13(14)18/h2-9H,1H3,(H,19,23). The van der Waals surface area contributed by atoms with E-state index >= 15 is 0 Å². The van der Waals surface area contributed by atoms with Crippen LogP contribution < -0.4 is 5.32 Å². The third-order valence-corrected chi connectivity index (χ3v) is 3.63. The summed E-state index contributed by atoms with van der Waals surface area (Å²) in [6.07, 6.45) is 0.607. The molecule has 0 radical (unpaired) electrons. The van der Waals surface area contributed by atoms with Crippen LogP contribution in [0.3, 0.4) is 0 Å². The maximum Gasteiger partial charge on any atom is 0.211 e. The van der Waals surface area contributed by atoms with Gasteiger partial charge in [-0.2, -0.15) is 5.10 Å². The molecule has 0 unspecified atom stereocenters. The third kappa shape index (κ3) is 2.93. The second kappa shape index (κ2) is 6.18. The number of nitrogens with one attached hydrogen (secondary N) is 1. The van der Waals surface area contributed by atoms with Gasteiger partial charge in [0.2, 0.25) is 6.41 Å². The number of aromatic nitrogens is 3. The molecule has 7 heteroatoms. The zero-order valence-electron chi connectivity index (χ0n) is 12.1. The van der Waals surface area contributed by atoms with Gasteiger partial charge in [-0.25, -0.2) is 14.1 Å². The van der Waals surface area contributed by atoms with Gasteiger partial charge in [0.15, 0.2) is 11.6 Å². The van der Waals surface area contributed by atoms with Crippen LogP contribution >= 0.6 is 11.6 Å². The lowest BCUT2D eigenvalue weighted by Gasteiger charge is -2.02. The van der Waals surface area contributed by atoms with Crippen LogP contribution in [0, 0.1) is 5.82 Å². The maximum absolute atomic E-state index is 14.0. The van der Waals surface area contributed by atoms with E-state index in [4.69, 9.17) is 11.6 Å². The highest BCUT2D eigenvalue weighted by Gasteiger charge is 2.17. The molecule has 0 aliphatic rings. The number of rotatable bonds is 4. The zero-order valence-corrected chi connectivity index (χ0v) is 12.9. The number of halogens is 2. The molecule has 0 saturated heterocycles. The Balaban J connectivity index is 2.03. The number of carbonyl (C=O) groups excluding carboxylic acids is 1. The van der Waals surface area contributed by atoms with Gasteiger partial charge in [-0.05, 0) is 36.4 Å². The Bertz CT molecular complexity index is 841. The Morgan fingerprint density at radius 3 is 2.61 bits per heavy atom. The van der Waals surface area contributed by atoms with Crippen LogP contribution in [0.25, 0.3) is 22.8 Å². The van der Waals surface area contributed by atoms with Crippen LogP contribution in [0.4, 0.5) is 10.1 Å². The summed E-state index contributed by atoms with van der Waals surface area (Å²) in [6, 6.07) is 11.5. The lowest BCUT2D eigenvalue weighted by molar-refractivity contribution is -0.105. The minimum Gasteiger partial charge on any atom is -0.329 e. The molecular weight excluding hydrogens is 319 g/mol. The van der Waals surface area contributed by atoms with Crippen LogP contribution in [0.15, 0.2) is 42.5 Å². The molecule has 0 saturated carbocycles. The lowest BCUT2D eigenvalue weighted by Crippen LogP contribution is -1.96. The van der Waals surface area contributed by atoms with Gasteiger partial charge in [0.25, 0.3) is 0 Å². The Kier molecular flexibility index (Phi) is 4.08. The highest BCUT2D eigenvalue weighted by Crippen LogP contribution is 2.30. The third-order valence-electron chi connectivity index (χ3n) is 3.32. The number of anilines is 1. The monoisotopic (exact) mass is 330 g/mol. The minimum atomic E-state index is -0.472. The molecule has 23 heavy (non-hydrogen) atoms. The van der Waals surface area contributed by atoms with Gasteiger partial charge in [-0.15, -0.1) is 0 Å². The molecule has 0 bridgehead atoms. The van der Waals surface area contributed by atoms with Crippen molar-refractivity contribution < 1.29 is 9.18 Å². The molecule has 1 N–H and O–H groups in total. The van der Waals surface area contributed by atoms with Crippen molar-refractivity contribution in [1.82, 2.24) is 14.8 Å². The Hall–Kier alpha value is -2.73. The van der Waals surface area contributed by atoms with E-state index in [-0.39, 0.29) is 16.4 Å². The molecule has 0 fully saturated rings. The fraction of sp³-hybridized carbons (Fsp3) is 0.0625. The number of amides is 1. The molecule has 1 amide bonds. The van der Waals surface area contributed by atoms with Gasteiger partial charge < -0.3 is 5.32 Å². The van der Waals surface area contributed by atoms with Crippen LogP contribution in [0.2, 0.25) is 5.02 Å². The molecule has 0 aliphatic carbocycles. The number of hydrogen-bond donors (Lipinski definition) is 1. The zero-order chi connectivity index (χ0) is 16.4. The molecule has 2 aromatic carbocycles. The van der Waals surface area contributed by atoms with E-state index in [2.05, 4.69) is 15.4 Å². The van der Waals surface area contributed by atoms with E-state index in [1.54, 1.807) is 42.1 Å². The van der Waals surface area contributed by atoms with Crippen LogP contribution in [-0.4, -0.2) is 21.2 Å². The fourth-order valence-corrected chi connectivity index (χ4v) is 2.48. The summed E-state index contributed by atoms with van der Waals surface area (Å²) in [5.74, 6) is 0.317. The van der Waals surface area contributed by atoms with Crippen molar-refractivity contribution in [3.05, 3.63) is 53.3 Å². The number of carbonyl (C=O) groups is 1. The Morgan fingerprint density at radius 2 is 1.96 bits per heavy atom. The first-order valence-corrected chi connectivity index (χ1v) is 7.14. The molecular formula is C16H12ClFN4O. The van der Waals surface area contributed by atoms with Crippen molar-refractivity contribution in [3.63, 3.8) is 0 Å². The first-order valence-electron chi connectivity index (χ1n) is 6.76. The van der Waals surface area contributed by atoms with Crippen molar-refractivity contribution in [2.75, 3.05) is 5.32 Å². The largest absolute Gasteiger partial charge is 0.329 e. The minimum absolute atomic E-state index is 0.176. The second-order valence-electron chi connectivity index (χ2n) is 4.82. The normalized spacial score (nSPS) is 10.6. The van der Waals surface area contributed by atoms with E-state index in [0.717, 1.165) is 5.56 Å². The summed E-state index contributed by atoms with van der Waals surface area (Å²) >= 11 is 6.06. The molecule has 1 aromatic heterocycles. The van der Waals surface area contributed by atoms with Gasteiger partial charge in [-0.3, -0.25) is 4.79 Å². The summed E-state index contributed by atoms with van der Waals surface area (Å²) in [6.45, 7) is 0. The van der Waals surface area contributed by atoms with Gasteiger partial charge >= 0.3 is 0 Å². The highest BCUT2D eigenvalue weighted by atomic mass is 35.5. The van der Waals surface area contributed by atoms with Gasteiger partial charge in [-0.1, -0.05) is 17.7 Å². The highest BCUT2D eigenvalue weighted by molar-refractivity contribution is 6.33. The predicted octanol–water partition coefficient (Wildman–Crippen LogP) is 3.51. The summed E-state index contributed by atoms with van der Waals surface area (Å²) in [5.41, 5.74) is 1.63. The first kappa shape index (κ1) is 15.2. The molecule has 5 nitrogen and oxygen atoms in total. The molecule has 0 aliphatic heterocycles.